The number of carbonyl (C=O) groups excluding carboxylic acids is 1. The lowest BCUT2D eigenvalue weighted by Gasteiger charge is -2.35. The molecule has 0 saturated carbocycles. The predicted octanol–water partition coefficient (Wildman–Crippen LogP) is 1.59. The zero-order chi connectivity index (χ0) is 12.3. The highest BCUT2D eigenvalue weighted by molar-refractivity contribution is 5.75. The maximum atomic E-state index is 11.9. The number of rotatable bonds is 2. The Morgan fingerprint density at radius 1 is 1.44 bits per heavy atom. The van der Waals surface area contributed by atoms with Crippen molar-refractivity contribution < 1.29 is 9.90 Å². The van der Waals surface area contributed by atoms with E-state index in [1.807, 2.05) is 18.7 Å². The monoisotopic (exact) mass is 228 g/mol. The number of hydrogen-bond acceptors (Lipinski definition) is 2. The van der Waals surface area contributed by atoms with Crippen LogP contribution in [0.25, 0.3) is 0 Å². The predicted molar refractivity (Wildman–Crippen MR) is 64.3 cm³/mol. The summed E-state index contributed by atoms with van der Waals surface area (Å²) in [7, 11) is 0. The van der Waals surface area contributed by atoms with Gasteiger partial charge in [-0.25, -0.2) is 4.79 Å². The molecule has 0 radical (unpaired) electrons. The summed E-state index contributed by atoms with van der Waals surface area (Å²) in [6, 6.07) is -0.0576. The molecular weight excluding hydrogens is 204 g/mol. The zero-order valence-electron chi connectivity index (χ0n) is 10.8. The van der Waals surface area contributed by atoms with Gasteiger partial charge in [0.2, 0.25) is 0 Å². The van der Waals surface area contributed by atoms with E-state index in [0.29, 0.717) is 5.92 Å². The van der Waals surface area contributed by atoms with Crippen LogP contribution in [0.3, 0.4) is 0 Å². The Hall–Kier alpha value is -0.770. The van der Waals surface area contributed by atoms with E-state index in [-0.39, 0.29) is 6.03 Å². The van der Waals surface area contributed by atoms with E-state index in [0.717, 1.165) is 25.9 Å². The van der Waals surface area contributed by atoms with Gasteiger partial charge >= 0.3 is 6.03 Å². The second-order valence-electron chi connectivity index (χ2n) is 5.50. The summed E-state index contributed by atoms with van der Waals surface area (Å²) in [5.74, 6) is 0.717. The Kier molecular flexibility index (Phi) is 4.19. The van der Waals surface area contributed by atoms with Gasteiger partial charge in [-0.15, -0.1) is 0 Å². The summed E-state index contributed by atoms with van der Waals surface area (Å²) >= 11 is 0. The van der Waals surface area contributed by atoms with Crippen molar-refractivity contribution in [2.75, 3.05) is 13.1 Å². The number of nitrogens with zero attached hydrogens (tertiary/aromatic N) is 1. The Bertz CT molecular complexity index is 243. The molecule has 1 heterocycles. The molecule has 1 unspecified atom stereocenters. The number of hydrogen-bond donors (Lipinski definition) is 2. The van der Waals surface area contributed by atoms with Crippen molar-refractivity contribution in [3.05, 3.63) is 0 Å². The first kappa shape index (κ1) is 13.3. The molecule has 0 aromatic heterocycles. The topological polar surface area (TPSA) is 52.6 Å². The van der Waals surface area contributed by atoms with E-state index >= 15 is 0 Å². The third-order valence-corrected chi connectivity index (χ3v) is 3.54. The molecule has 0 bridgehead atoms. The first-order chi connectivity index (χ1) is 7.33. The van der Waals surface area contributed by atoms with Gasteiger partial charge in [0.1, 0.15) is 0 Å². The molecule has 16 heavy (non-hydrogen) atoms. The first-order valence-corrected chi connectivity index (χ1v) is 6.08. The molecule has 2 amide bonds. The minimum atomic E-state index is -0.569. The average molecular weight is 228 g/mol. The maximum Gasteiger partial charge on any atom is 0.317 e. The quantitative estimate of drug-likeness (QED) is 0.754. The minimum absolute atomic E-state index is 0.0576. The third-order valence-electron chi connectivity index (χ3n) is 3.54. The number of piperidine rings is 1. The summed E-state index contributed by atoms with van der Waals surface area (Å²) in [5, 5.41) is 12.4. The lowest BCUT2D eigenvalue weighted by atomic mass is 9.98. The summed E-state index contributed by atoms with van der Waals surface area (Å²) in [6.45, 7) is 9.23. The normalized spacial score (nSPS) is 20.7. The van der Waals surface area contributed by atoms with Crippen molar-refractivity contribution in [3.8, 4) is 0 Å². The van der Waals surface area contributed by atoms with Gasteiger partial charge in [0, 0.05) is 13.1 Å². The molecule has 1 fully saturated rings. The van der Waals surface area contributed by atoms with Gasteiger partial charge in [-0.3, -0.25) is 0 Å². The molecule has 1 saturated heterocycles. The van der Waals surface area contributed by atoms with Crippen LogP contribution in [0.4, 0.5) is 4.79 Å². The zero-order valence-corrected chi connectivity index (χ0v) is 10.8. The van der Waals surface area contributed by atoms with Crippen LogP contribution in [0.15, 0.2) is 0 Å². The summed E-state index contributed by atoms with van der Waals surface area (Å²) in [4.78, 5) is 13.8. The van der Waals surface area contributed by atoms with Crippen LogP contribution in [0.1, 0.15) is 40.5 Å². The van der Waals surface area contributed by atoms with Crippen molar-refractivity contribution in [2.24, 2.45) is 5.92 Å². The SMILES string of the molecule is CC1CCN(C(=O)NC(C)(C)C(C)O)CC1. The number of amides is 2. The number of urea groups is 1. The van der Waals surface area contributed by atoms with Crippen LogP contribution in [-0.2, 0) is 0 Å². The molecule has 0 aromatic rings. The van der Waals surface area contributed by atoms with Crippen LogP contribution < -0.4 is 5.32 Å². The fourth-order valence-electron chi connectivity index (χ4n) is 1.67. The summed E-state index contributed by atoms with van der Waals surface area (Å²) < 4.78 is 0. The molecule has 1 rings (SSSR count). The van der Waals surface area contributed by atoms with E-state index in [1.165, 1.54) is 0 Å². The van der Waals surface area contributed by atoms with Crippen LogP contribution in [0, 0.1) is 5.92 Å². The van der Waals surface area contributed by atoms with Crippen LogP contribution in [0.5, 0.6) is 0 Å². The standard InChI is InChI=1S/C12H24N2O2/c1-9-5-7-14(8-6-9)11(16)13-12(3,4)10(2)15/h9-10,15H,5-8H2,1-4H3,(H,13,16). The highest BCUT2D eigenvalue weighted by atomic mass is 16.3. The van der Waals surface area contributed by atoms with Gasteiger partial charge in [-0.1, -0.05) is 6.92 Å². The van der Waals surface area contributed by atoms with E-state index < -0.39 is 11.6 Å². The second-order valence-corrected chi connectivity index (χ2v) is 5.50. The first-order valence-electron chi connectivity index (χ1n) is 6.08. The Balaban J connectivity index is 2.46. The number of likely N-dealkylation sites (tertiary alicyclic amines) is 1. The average Bonchev–Trinajstić information content (AvgIpc) is 2.17. The lowest BCUT2D eigenvalue weighted by Crippen LogP contribution is -2.56. The molecular formula is C12H24N2O2. The van der Waals surface area contributed by atoms with Gasteiger partial charge in [0.05, 0.1) is 11.6 Å². The number of nitrogens with one attached hydrogen (secondary N) is 1. The molecule has 2 N–H and O–H groups in total. The summed E-state index contributed by atoms with van der Waals surface area (Å²) in [6.07, 6.45) is 1.59. The molecule has 1 atom stereocenters. The smallest absolute Gasteiger partial charge is 0.317 e. The number of aliphatic hydroxyl groups excluding tert-OH is 1. The third kappa shape index (κ3) is 3.37. The van der Waals surface area contributed by atoms with Gasteiger partial charge in [-0.05, 0) is 39.5 Å². The molecule has 0 aromatic carbocycles. The van der Waals surface area contributed by atoms with E-state index in [2.05, 4.69) is 12.2 Å². The Labute approximate surface area is 98.0 Å². The molecule has 4 heteroatoms. The van der Waals surface area contributed by atoms with Gasteiger partial charge in [-0.2, -0.15) is 0 Å². The maximum absolute atomic E-state index is 11.9. The summed E-state index contributed by atoms with van der Waals surface area (Å²) in [5.41, 5.74) is -0.569. The number of aliphatic hydroxyl groups is 1. The van der Waals surface area contributed by atoms with Crippen molar-refractivity contribution in [2.45, 2.75) is 52.2 Å². The van der Waals surface area contributed by atoms with Gasteiger partial charge < -0.3 is 15.3 Å². The fourth-order valence-corrected chi connectivity index (χ4v) is 1.67. The molecule has 0 spiro atoms. The van der Waals surface area contributed by atoms with E-state index in [4.69, 9.17) is 0 Å². The molecule has 94 valence electrons. The van der Waals surface area contributed by atoms with Crippen molar-refractivity contribution in [1.29, 1.82) is 0 Å². The largest absolute Gasteiger partial charge is 0.391 e. The minimum Gasteiger partial charge on any atom is -0.391 e. The van der Waals surface area contributed by atoms with E-state index in [9.17, 15) is 9.90 Å². The lowest BCUT2D eigenvalue weighted by molar-refractivity contribution is 0.0916. The van der Waals surface area contributed by atoms with Crippen molar-refractivity contribution in [3.63, 3.8) is 0 Å². The van der Waals surface area contributed by atoms with Crippen molar-refractivity contribution >= 4 is 6.03 Å². The van der Waals surface area contributed by atoms with E-state index in [1.54, 1.807) is 6.92 Å². The molecule has 0 aliphatic carbocycles. The fraction of sp³-hybridized carbons (Fsp3) is 0.917. The highest BCUT2D eigenvalue weighted by Crippen LogP contribution is 2.17. The van der Waals surface area contributed by atoms with Gasteiger partial charge in [0.25, 0.3) is 0 Å². The second kappa shape index (κ2) is 5.04. The van der Waals surface area contributed by atoms with Crippen LogP contribution in [-0.4, -0.2) is 40.8 Å². The molecule has 1 aliphatic rings. The van der Waals surface area contributed by atoms with Gasteiger partial charge in [0.15, 0.2) is 0 Å². The highest BCUT2D eigenvalue weighted by Gasteiger charge is 2.29. The molecule has 1 aliphatic heterocycles. The van der Waals surface area contributed by atoms with Crippen molar-refractivity contribution in [1.82, 2.24) is 10.2 Å². The Morgan fingerprint density at radius 3 is 2.38 bits per heavy atom. The molecule has 4 nitrogen and oxygen atoms in total. The number of carbonyl (C=O) groups is 1. The Morgan fingerprint density at radius 2 is 1.94 bits per heavy atom. The van der Waals surface area contributed by atoms with Crippen LogP contribution >= 0.6 is 0 Å². The van der Waals surface area contributed by atoms with Crippen LogP contribution in [0.2, 0.25) is 0 Å².